The summed E-state index contributed by atoms with van der Waals surface area (Å²) in [4.78, 5) is 30.9. The number of rotatable bonds is 6. The molecule has 3 rings (SSSR count). The highest BCUT2D eigenvalue weighted by molar-refractivity contribution is 7.18. The Balaban J connectivity index is 1.55. The predicted molar refractivity (Wildman–Crippen MR) is 104 cm³/mol. The summed E-state index contributed by atoms with van der Waals surface area (Å²) < 4.78 is 1.17. The summed E-state index contributed by atoms with van der Waals surface area (Å²) in [5.41, 5.74) is 1.01. The molecule has 1 saturated heterocycles. The van der Waals surface area contributed by atoms with E-state index >= 15 is 0 Å². The van der Waals surface area contributed by atoms with E-state index in [1.807, 2.05) is 18.2 Å². The van der Waals surface area contributed by atoms with Crippen molar-refractivity contribution in [2.24, 2.45) is 5.92 Å². The molecule has 1 aliphatic rings. The van der Waals surface area contributed by atoms with Gasteiger partial charge < -0.3 is 5.32 Å². The zero-order valence-corrected chi connectivity index (χ0v) is 16.1. The number of hydrogen-bond acceptors (Lipinski definition) is 5. The molecule has 1 aromatic heterocycles. The summed E-state index contributed by atoms with van der Waals surface area (Å²) in [6.45, 7) is 5.84. The molecule has 0 saturated carbocycles. The molecule has 140 valence electrons. The van der Waals surface area contributed by atoms with Crippen molar-refractivity contribution >= 4 is 33.5 Å². The number of imide groups is 1. The molecule has 0 radical (unpaired) electrons. The zero-order valence-electron chi connectivity index (χ0n) is 15.3. The Bertz CT molecular complexity index is 741. The van der Waals surface area contributed by atoms with E-state index in [9.17, 15) is 9.59 Å². The number of nitrogens with zero attached hydrogens (tertiary/aromatic N) is 2. The highest BCUT2D eigenvalue weighted by atomic mass is 32.1. The summed E-state index contributed by atoms with van der Waals surface area (Å²) in [5, 5.41) is 6.22. The number of hydrogen-bond donors (Lipinski definition) is 2. The lowest BCUT2D eigenvalue weighted by molar-refractivity contribution is -0.121. The van der Waals surface area contributed by atoms with Crippen LogP contribution >= 0.6 is 11.3 Å². The topological polar surface area (TPSA) is 74.3 Å². The van der Waals surface area contributed by atoms with Crippen LogP contribution < -0.4 is 10.6 Å². The minimum absolute atomic E-state index is 0.155. The molecule has 2 aromatic rings. The highest BCUT2D eigenvalue weighted by Gasteiger charge is 2.30. The standard InChI is InChI=1S/C19H26N4O2S/c1-13(2)9-10-20-19(25)22-17(24)12-23-11-5-7-15(23)18-21-14-6-3-4-8-16(14)26-18/h3-4,6,8,13,15H,5,7,9-12H2,1-2H3,(H2,20,22,24,25)/t15-/m0/s1. The average Bonchev–Trinajstić information content (AvgIpc) is 3.20. The first-order chi connectivity index (χ1) is 12.5. The number of fused-ring (bicyclic) bond motifs is 1. The van der Waals surface area contributed by atoms with Gasteiger partial charge in [0.05, 0.1) is 22.8 Å². The normalized spacial score (nSPS) is 17.7. The molecule has 1 aromatic carbocycles. The van der Waals surface area contributed by atoms with Crippen molar-refractivity contribution in [3.05, 3.63) is 29.3 Å². The third kappa shape index (κ3) is 4.80. The maximum absolute atomic E-state index is 12.2. The van der Waals surface area contributed by atoms with Gasteiger partial charge in [-0.05, 0) is 43.9 Å². The first-order valence-corrected chi connectivity index (χ1v) is 10.0. The number of nitrogens with one attached hydrogen (secondary N) is 2. The van der Waals surface area contributed by atoms with E-state index in [1.165, 1.54) is 4.70 Å². The Hall–Kier alpha value is -1.99. The summed E-state index contributed by atoms with van der Waals surface area (Å²) in [7, 11) is 0. The zero-order chi connectivity index (χ0) is 18.5. The van der Waals surface area contributed by atoms with Gasteiger partial charge in [0.2, 0.25) is 5.91 Å². The van der Waals surface area contributed by atoms with E-state index in [0.717, 1.165) is 36.3 Å². The number of aromatic nitrogens is 1. The van der Waals surface area contributed by atoms with E-state index in [-0.39, 0.29) is 18.5 Å². The minimum Gasteiger partial charge on any atom is -0.338 e. The molecule has 0 unspecified atom stereocenters. The molecule has 7 heteroatoms. The summed E-state index contributed by atoms with van der Waals surface area (Å²) in [6, 6.07) is 7.84. The molecular weight excluding hydrogens is 348 g/mol. The van der Waals surface area contributed by atoms with E-state index in [1.54, 1.807) is 11.3 Å². The van der Waals surface area contributed by atoms with Gasteiger partial charge in [-0.3, -0.25) is 15.0 Å². The molecule has 2 heterocycles. The Labute approximate surface area is 158 Å². The second-order valence-electron chi connectivity index (χ2n) is 7.13. The Morgan fingerprint density at radius 1 is 1.35 bits per heavy atom. The smallest absolute Gasteiger partial charge is 0.321 e. The van der Waals surface area contributed by atoms with Crippen LogP contribution in [-0.4, -0.2) is 41.5 Å². The minimum atomic E-state index is -0.411. The molecule has 6 nitrogen and oxygen atoms in total. The lowest BCUT2D eigenvalue weighted by Gasteiger charge is -2.21. The molecule has 1 atom stereocenters. The number of carbonyl (C=O) groups is 2. The van der Waals surface area contributed by atoms with Gasteiger partial charge in [-0.15, -0.1) is 11.3 Å². The van der Waals surface area contributed by atoms with Crippen LogP contribution in [0.25, 0.3) is 10.2 Å². The maximum atomic E-state index is 12.2. The van der Waals surface area contributed by atoms with Gasteiger partial charge in [0.25, 0.3) is 0 Å². The quantitative estimate of drug-likeness (QED) is 0.813. The summed E-state index contributed by atoms with van der Waals surface area (Å²) >= 11 is 1.69. The number of para-hydroxylation sites is 1. The Morgan fingerprint density at radius 3 is 2.92 bits per heavy atom. The van der Waals surface area contributed by atoms with Crippen molar-refractivity contribution in [2.75, 3.05) is 19.6 Å². The van der Waals surface area contributed by atoms with Crippen LogP contribution in [0.3, 0.4) is 0 Å². The van der Waals surface area contributed by atoms with Gasteiger partial charge in [-0.1, -0.05) is 26.0 Å². The van der Waals surface area contributed by atoms with Crippen molar-refractivity contribution in [2.45, 2.75) is 39.2 Å². The van der Waals surface area contributed by atoms with Crippen LogP contribution in [-0.2, 0) is 4.79 Å². The number of benzene rings is 1. The van der Waals surface area contributed by atoms with E-state index in [0.29, 0.717) is 12.5 Å². The van der Waals surface area contributed by atoms with Crippen molar-refractivity contribution in [1.29, 1.82) is 0 Å². The van der Waals surface area contributed by atoms with Crippen molar-refractivity contribution < 1.29 is 9.59 Å². The van der Waals surface area contributed by atoms with Gasteiger partial charge in [-0.2, -0.15) is 0 Å². The molecular formula is C19H26N4O2S. The molecule has 0 bridgehead atoms. The highest BCUT2D eigenvalue weighted by Crippen LogP contribution is 2.36. The number of likely N-dealkylation sites (tertiary alicyclic amines) is 1. The van der Waals surface area contributed by atoms with E-state index in [4.69, 9.17) is 4.98 Å². The lowest BCUT2D eigenvalue weighted by Crippen LogP contribution is -2.44. The molecule has 2 N–H and O–H groups in total. The number of amides is 3. The van der Waals surface area contributed by atoms with Crippen LogP contribution in [0.4, 0.5) is 4.79 Å². The summed E-state index contributed by atoms with van der Waals surface area (Å²) in [5.74, 6) is 0.255. The van der Waals surface area contributed by atoms with Gasteiger partial charge in [0, 0.05) is 6.54 Å². The Kier molecular flexibility index (Phi) is 6.21. The van der Waals surface area contributed by atoms with Gasteiger partial charge in [0.15, 0.2) is 0 Å². The van der Waals surface area contributed by atoms with Gasteiger partial charge in [0.1, 0.15) is 5.01 Å². The molecule has 3 amide bonds. The molecule has 1 aliphatic heterocycles. The lowest BCUT2D eigenvalue weighted by atomic mass is 10.1. The fourth-order valence-corrected chi connectivity index (χ4v) is 4.33. The van der Waals surface area contributed by atoms with Crippen LogP contribution in [0.1, 0.15) is 44.2 Å². The molecule has 1 fully saturated rings. The summed E-state index contributed by atoms with van der Waals surface area (Å²) in [6.07, 6.45) is 2.93. The first kappa shape index (κ1) is 18.8. The van der Waals surface area contributed by atoms with E-state index < -0.39 is 6.03 Å². The predicted octanol–water partition coefficient (Wildman–Crippen LogP) is 3.31. The monoisotopic (exact) mass is 374 g/mol. The van der Waals surface area contributed by atoms with Gasteiger partial charge >= 0.3 is 6.03 Å². The van der Waals surface area contributed by atoms with Crippen molar-refractivity contribution in [3.63, 3.8) is 0 Å². The van der Waals surface area contributed by atoms with Crippen molar-refractivity contribution in [3.8, 4) is 0 Å². The van der Waals surface area contributed by atoms with Crippen LogP contribution in [0.2, 0.25) is 0 Å². The molecule has 0 spiro atoms. The fourth-order valence-electron chi connectivity index (χ4n) is 3.20. The van der Waals surface area contributed by atoms with Gasteiger partial charge in [-0.25, -0.2) is 9.78 Å². The second-order valence-corrected chi connectivity index (χ2v) is 8.20. The van der Waals surface area contributed by atoms with Crippen LogP contribution in [0.15, 0.2) is 24.3 Å². The number of thiazole rings is 1. The van der Waals surface area contributed by atoms with Crippen LogP contribution in [0.5, 0.6) is 0 Å². The third-order valence-electron chi connectivity index (χ3n) is 4.57. The van der Waals surface area contributed by atoms with Crippen LogP contribution in [0, 0.1) is 5.92 Å². The fraction of sp³-hybridized carbons (Fsp3) is 0.526. The first-order valence-electron chi connectivity index (χ1n) is 9.20. The number of urea groups is 1. The average molecular weight is 375 g/mol. The molecule has 26 heavy (non-hydrogen) atoms. The second kappa shape index (κ2) is 8.60. The number of carbonyl (C=O) groups excluding carboxylic acids is 2. The van der Waals surface area contributed by atoms with Crippen molar-refractivity contribution in [1.82, 2.24) is 20.5 Å². The van der Waals surface area contributed by atoms with E-state index in [2.05, 4.69) is 35.4 Å². The SMILES string of the molecule is CC(C)CCNC(=O)NC(=O)CN1CCC[C@H]1c1nc2ccccc2s1. The Morgan fingerprint density at radius 2 is 2.15 bits per heavy atom. The molecule has 0 aliphatic carbocycles. The maximum Gasteiger partial charge on any atom is 0.321 e. The largest absolute Gasteiger partial charge is 0.338 e. The third-order valence-corrected chi connectivity index (χ3v) is 5.70.